The minimum Gasteiger partial charge on any atom is -0.475 e. The summed E-state index contributed by atoms with van der Waals surface area (Å²) in [5, 5.41) is 5.92. The van der Waals surface area contributed by atoms with Crippen molar-refractivity contribution in [2.75, 3.05) is 20.3 Å². The van der Waals surface area contributed by atoms with Gasteiger partial charge in [-0.3, -0.25) is 0 Å². The van der Waals surface area contributed by atoms with E-state index in [9.17, 15) is 4.79 Å². The van der Waals surface area contributed by atoms with Crippen molar-refractivity contribution in [2.24, 2.45) is 0 Å². The first-order valence-corrected chi connectivity index (χ1v) is 8.45. The number of aromatic nitrogens is 1. The first kappa shape index (κ1) is 17.2. The van der Waals surface area contributed by atoms with E-state index in [0.717, 1.165) is 18.4 Å². The second-order valence-electron chi connectivity index (χ2n) is 5.96. The Morgan fingerprint density at radius 2 is 2.12 bits per heavy atom. The second-order valence-corrected chi connectivity index (χ2v) is 5.96. The van der Waals surface area contributed by atoms with Crippen molar-refractivity contribution in [3.8, 4) is 5.88 Å². The monoisotopic (exact) mass is 341 g/mol. The van der Waals surface area contributed by atoms with E-state index in [0.29, 0.717) is 25.6 Å². The van der Waals surface area contributed by atoms with Crippen LogP contribution >= 0.6 is 0 Å². The highest BCUT2D eigenvalue weighted by molar-refractivity contribution is 5.74. The normalized spacial score (nSPS) is 15.5. The second kappa shape index (κ2) is 8.48. The Hall–Kier alpha value is -2.60. The lowest BCUT2D eigenvalue weighted by Gasteiger charge is -2.15. The van der Waals surface area contributed by atoms with Crippen LogP contribution in [0.1, 0.15) is 29.2 Å². The van der Waals surface area contributed by atoms with E-state index in [-0.39, 0.29) is 12.1 Å². The van der Waals surface area contributed by atoms with Crippen LogP contribution in [0.2, 0.25) is 0 Å². The molecule has 0 bridgehead atoms. The van der Waals surface area contributed by atoms with Crippen molar-refractivity contribution in [3.05, 3.63) is 59.3 Å². The third-order valence-corrected chi connectivity index (χ3v) is 4.23. The summed E-state index contributed by atoms with van der Waals surface area (Å²) >= 11 is 0. The van der Waals surface area contributed by atoms with Gasteiger partial charge in [0, 0.05) is 25.9 Å². The molecule has 1 atom stereocenters. The van der Waals surface area contributed by atoms with Gasteiger partial charge in [-0.2, -0.15) is 0 Å². The summed E-state index contributed by atoms with van der Waals surface area (Å²) in [5.74, 6) is 0.549. The first-order chi connectivity index (χ1) is 12.3. The fourth-order valence-corrected chi connectivity index (χ4v) is 2.93. The molecule has 0 saturated heterocycles. The van der Waals surface area contributed by atoms with Crippen LogP contribution in [0.15, 0.2) is 42.6 Å². The van der Waals surface area contributed by atoms with E-state index >= 15 is 0 Å². The maximum absolute atomic E-state index is 12.1. The Kier molecular flexibility index (Phi) is 5.85. The molecular formula is C19H23N3O3. The van der Waals surface area contributed by atoms with Crippen LogP contribution in [0.4, 0.5) is 4.79 Å². The number of nitrogens with zero attached hydrogens (tertiary/aromatic N) is 1. The molecule has 1 aliphatic rings. The van der Waals surface area contributed by atoms with E-state index in [1.807, 2.05) is 18.2 Å². The number of urea groups is 1. The highest BCUT2D eigenvalue weighted by Crippen LogP contribution is 2.30. The lowest BCUT2D eigenvalue weighted by molar-refractivity contribution is 0.143. The average molecular weight is 341 g/mol. The number of aryl methyl sites for hydroxylation is 1. The van der Waals surface area contributed by atoms with Gasteiger partial charge in [-0.05, 0) is 29.5 Å². The molecule has 0 fully saturated rings. The molecule has 0 spiro atoms. The molecule has 1 aliphatic carbocycles. The molecule has 2 N–H and O–H groups in total. The standard InChI is InChI=1S/C19H23N3O3/c1-24-10-11-25-18-9-6-14(12-20-18)13-21-19(23)22-17-8-7-15-4-2-3-5-16(15)17/h2-6,9,12,17H,7-8,10-11,13H2,1H3,(H2,21,22,23)/t17-/m1/s1. The lowest BCUT2D eigenvalue weighted by Crippen LogP contribution is -2.36. The van der Waals surface area contributed by atoms with Crippen LogP contribution in [0.25, 0.3) is 0 Å². The quantitative estimate of drug-likeness (QED) is 0.759. The number of methoxy groups -OCH3 is 1. The number of pyridine rings is 1. The number of fused-ring (bicyclic) bond motifs is 1. The summed E-state index contributed by atoms with van der Waals surface area (Å²) in [7, 11) is 1.63. The molecule has 1 aromatic heterocycles. The van der Waals surface area contributed by atoms with Gasteiger partial charge in [0.15, 0.2) is 0 Å². The van der Waals surface area contributed by atoms with Crippen LogP contribution in [0.5, 0.6) is 5.88 Å². The number of amides is 2. The summed E-state index contributed by atoms with van der Waals surface area (Å²) < 4.78 is 10.3. The fourth-order valence-electron chi connectivity index (χ4n) is 2.93. The molecule has 2 amide bonds. The van der Waals surface area contributed by atoms with E-state index in [1.165, 1.54) is 11.1 Å². The zero-order valence-corrected chi connectivity index (χ0v) is 14.3. The van der Waals surface area contributed by atoms with E-state index in [2.05, 4.69) is 27.8 Å². The molecule has 6 nitrogen and oxygen atoms in total. The Bertz CT molecular complexity index is 703. The van der Waals surface area contributed by atoms with Gasteiger partial charge in [0.2, 0.25) is 5.88 Å². The van der Waals surface area contributed by atoms with Gasteiger partial charge in [0.25, 0.3) is 0 Å². The number of rotatable bonds is 7. The van der Waals surface area contributed by atoms with Gasteiger partial charge in [-0.15, -0.1) is 0 Å². The zero-order chi connectivity index (χ0) is 17.5. The molecule has 3 rings (SSSR count). The summed E-state index contributed by atoms with van der Waals surface area (Å²) in [5.41, 5.74) is 3.46. The van der Waals surface area contributed by atoms with Gasteiger partial charge >= 0.3 is 6.03 Å². The predicted molar refractivity (Wildman–Crippen MR) is 94.5 cm³/mol. The van der Waals surface area contributed by atoms with Crippen molar-refractivity contribution in [2.45, 2.75) is 25.4 Å². The first-order valence-electron chi connectivity index (χ1n) is 8.45. The Morgan fingerprint density at radius 1 is 1.24 bits per heavy atom. The van der Waals surface area contributed by atoms with Gasteiger partial charge in [0.1, 0.15) is 6.61 Å². The van der Waals surface area contributed by atoms with Crippen LogP contribution < -0.4 is 15.4 Å². The molecule has 0 saturated carbocycles. The van der Waals surface area contributed by atoms with E-state index in [4.69, 9.17) is 9.47 Å². The highest BCUT2D eigenvalue weighted by atomic mass is 16.5. The van der Waals surface area contributed by atoms with Gasteiger partial charge < -0.3 is 20.1 Å². The number of carbonyl (C=O) groups excluding carboxylic acids is 1. The highest BCUT2D eigenvalue weighted by Gasteiger charge is 2.23. The van der Waals surface area contributed by atoms with Gasteiger partial charge in [-0.25, -0.2) is 9.78 Å². The SMILES string of the molecule is COCCOc1ccc(CNC(=O)N[C@@H]2CCc3ccccc32)cn1. The molecule has 2 aromatic rings. The number of hydrogen-bond acceptors (Lipinski definition) is 4. The Labute approximate surface area is 147 Å². The smallest absolute Gasteiger partial charge is 0.315 e. The molecule has 1 aromatic carbocycles. The van der Waals surface area contributed by atoms with E-state index in [1.54, 1.807) is 19.4 Å². The number of benzene rings is 1. The molecule has 1 heterocycles. The van der Waals surface area contributed by atoms with Crippen LogP contribution in [-0.4, -0.2) is 31.3 Å². The van der Waals surface area contributed by atoms with Crippen molar-refractivity contribution in [1.82, 2.24) is 15.6 Å². The zero-order valence-electron chi connectivity index (χ0n) is 14.3. The molecule has 132 valence electrons. The number of hydrogen-bond donors (Lipinski definition) is 2. The third-order valence-electron chi connectivity index (χ3n) is 4.23. The maximum atomic E-state index is 12.1. The molecule has 0 radical (unpaired) electrons. The molecule has 6 heteroatoms. The Balaban J connectivity index is 1.45. The van der Waals surface area contributed by atoms with Crippen molar-refractivity contribution in [1.29, 1.82) is 0 Å². The maximum Gasteiger partial charge on any atom is 0.315 e. The molecule has 25 heavy (non-hydrogen) atoms. The lowest BCUT2D eigenvalue weighted by atomic mass is 10.1. The summed E-state index contributed by atoms with van der Waals surface area (Å²) in [6.07, 6.45) is 3.66. The summed E-state index contributed by atoms with van der Waals surface area (Å²) in [6, 6.07) is 11.9. The van der Waals surface area contributed by atoms with Crippen LogP contribution in [0, 0.1) is 0 Å². The predicted octanol–water partition coefficient (Wildman–Crippen LogP) is 2.59. The molecule has 0 unspecified atom stereocenters. The third kappa shape index (κ3) is 4.70. The minimum absolute atomic E-state index is 0.0888. The number of ether oxygens (including phenoxy) is 2. The van der Waals surface area contributed by atoms with Crippen LogP contribution in [0.3, 0.4) is 0 Å². The van der Waals surface area contributed by atoms with Crippen LogP contribution in [-0.2, 0) is 17.7 Å². The topological polar surface area (TPSA) is 72.5 Å². The molecule has 0 aliphatic heterocycles. The van der Waals surface area contributed by atoms with Crippen molar-refractivity contribution in [3.63, 3.8) is 0 Å². The molecular weight excluding hydrogens is 318 g/mol. The number of carbonyl (C=O) groups is 1. The summed E-state index contributed by atoms with van der Waals surface area (Å²) in [6.45, 7) is 1.41. The van der Waals surface area contributed by atoms with Gasteiger partial charge in [0.05, 0.1) is 12.6 Å². The van der Waals surface area contributed by atoms with Crippen molar-refractivity contribution >= 4 is 6.03 Å². The average Bonchev–Trinajstić information content (AvgIpc) is 3.04. The van der Waals surface area contributed by atoms with Crippen molar-refractivity contribution < 1.29 is 14.3 Å². The summed E-state index contributed by atoms with van der Waals surface area (Å²) in [4.78, 5) is 16.4. The fraction of sp³-hybridized carbons (Fsp3) is 0.368. The minimum atomic E-state index is -0.165. The Morgan fingerprint density at radius 3 is 2.92 bits per heavy atom. The largest absolute Gasteiger partial charge is 0.475 e. The number of nitrogens with one attached hydrogen (secondary N) is 2. The van der Waals surface area contributed by atoms with E-state index < -0.39 is 0 Å². The van der Waals surface area contributed by atoms with Gasteiger partial charge in [-0.1, -0.05) is 30.3 Å².